The summed E-state index contributed by atoms with van der Waals surface area (Å²) >= 11 is 11.7. The number of pyridine rings is 1. The molecule has 2 atom stereocenters. The monoisotopic (exact) mass is 417 g/mol. The molecule has 2 unspecified atom stereocenters. The fraction of sp³-hybridized carbons (Fsp3) is 0.214. The van der Waals surface area contributed by atoms with Crippen LogP contribution in [-0.4, -0.2) is 34.6 Å². The van der Waals surface area contributed by atoms with E-state index in [9.17, 15) is 13.5 Å². The Hall–Kier alpha value is -0.580. The van der Waals surface area contributed by atoms with Crippen LogP contribution in [0, 0.1) is 0 Å². The molecule has 1 aromatic heterocycles. The van der Waals surface area contributed by atoms with E-state index in [0.29, 0.717) is 10.8 Å². The molecule has 11 heteroatoms. The van der Waals surface area contributed by atoms with Crippen LogP contribution >= 0.6 is 23.2 Å². The summed E-state index contributed by atoms with van der Waals surface area (Å²) in [7, 11) is -4.61. The van der Waals surface area contributed by atoms with Crippen molar-refractivity contribution in [1.82, 2.24) is 4.98 Å². The van der Waals surface area contributed by atoms with Crippen LogP contribution in [0.2, 0.25) is 10.0 Å². The predicted molar refractivity (Wildman–Crippen MR) is 89.5 cm³/mol. The molecule has 2 N–H and O–H groups in total. The second-order valence-electron chi connectivity index (χ2n) is 4.74. The molecule has 0 saturated heterocycles. The Morgan fingerprint density at radius 2 is 1.76 bits per heavy atom. The summed E-state index contributed by atoms with van der Waals surface area (Å²) in [5, 5.41) is 10.0. The zero-order chi connectivity index (χ0) is 17.9. The van der Waals surface area contributed by atoms with E-state index in [2.05, 4.69) is 4.98 Å². The van der Waals surface area contributed by atoms with Gasteiger partial charge in [0.05, 0.1) is 5.02 Å². The van der Waals surface area contributed by atoms with E-state index >= 15 is 0 Å². The summed E-state index contributed by atoms with van der Waals surface area (Å²) < 4.78 is 41.2. The second kappa shape index (κ2) is 9.38. The standard InChI is InChI=1S/C14H13Cl2NO6S.Na.H/c1-8(14(18)24(19,20)21)22-10-2-4-11(5-3-10)23-13-12(16)6-9(15)7-17-13;;/h2-8,14,18H,1H3,(H,19,20,21);;/q;+1;-1. The molecular weight excluding hydrogens is 404 g/mol. The van der Waals surface area contributed by atoms with Gasteiger partial charge >= 0.3 is 29.6 Å². The van der Waals surface area contributed by atoms with E-state index < -0.39 is 21.7 Å². The van der Waals surface area contributed by atoms with Crippen LogP contribution in [0.1, 0.15) is 8.35 Å². The summed E-state index contributed by atoms with van der Waals surface area (Å²) in [4.78, 5) is 3.95. The molecule has 2 rings (SSSR count). The van der Waals surface area contributed by atoms with Crippen molar-refractivity contribution in [2.75, 3.05) is 0 Å². The smallest absolute Gasteiger partial charge is 1.00 e. The maximum Gasteiger partial charge on any atom is 1.00 e. The minimum absolute atomic E-state index is 0. The van der Waals surface area contributed by atoms with E-state index in [0.717, 1.165) is 0 Å². The summed E-state index contributed by atoms with van der Waals surface area (Å²) in [6.45, 7) is 1.31. The first-order valence-electron chi connectivity index (χ1n) is 6.57. The van der Waals surface area contributed by atoms with Gasteiger partial charge in [0.15, 0.2) is 0 Å². The summed E-state index contributed by atoms with van der Waals surface area (Å²) in [6.07, 6.45) is 0.220. The third kappa shape index (κ3) is 6.58. The second-order valence-corrected chi connectivity index (χ2v) is 7.10. The first-order chi connectivity index (χ1) is 11.2. The van der Waals surface area contributed by atoms with Crippen molar-refractivity contribution in [2.45, 2.75) is 18.5 Å². The fourth-order valence-electron chi connectivity index (χ4n) is 1.69. The summed E-state index contributed by atoms with van der Waals surface area (Å²) in [5.74, 6) is 0.847. The van der Waals surface area contributed by atoms with Crippen molar-refractivity contribution in [3.05, 3.63) is 46.6 Å². The Morgan fingerprint density at radius 3 is 2.28 bits per heavy atom. The Balaban J connectivity index is 0.00000312. The van der Waals surface area contributed by atoms with Crippen molar-refractivity contribution >= 4 is 33.3 Å². The maximum atomic E-state index is 10.9. The largest absolute Gasteiger partial charge is 1.00 e. The van der Waals surface area contributed by atoms with Crippen LogP contribution in [0.25, 0.3) is 0 Å². The fourth-order valence-corrected chi connectivity index (χ4v) is 2.65. The topological polar surface area (TPSA) is 106 Å². The van der Waals surface area contributed by atoms with Crippen LogP contribution in [0.4, 0.5) is 0 Å². The van der Waals surface area contributed by atoms with E-state index in [1.54, 1.807) is 0 Å². The average molecular weight is 418 g/mol. The molecule has 0 saturated carbocycles. The molecule has 0 bridgehead atoms. The van der Waals surface area contributed by atoms with E-state index in [1.165, 1.54) is 43.5 Å². The quantitative estimate of drug-likeness (QED) is 0.513. The van der Waals surface area contributed by atoms with Gasteiger partial charge in [0.1, 0.15) is 22.6 Å². The van der Waals surface area contributed by atoms with Crippen LogP contribution in [-0.2, 0) is 10.1 Å². The number of hydrogen-bond donors (Lipinski definition) is 2. The molecule has 1 heterocycles. The molecule has 0 amide bonds. The molecule has 25 heavy (non-hydrogen) atoms. The number of ether oxygens (including phenoxy) is 2. The molecule has 132 valence electrons. The van der Waals surface area contributed by atoms with Gasteiger partial charge in [-0.15, -0.1) is 0 Å². The Labute approximate surface area is 178 Å². The van der Waals surface area contributed by atoms with Crippen LogP contribution < -0.4 is 39.0 Å². The Kier molecular flexibility index (Phi) is 8.43. The predicted octanol–water partition coefficient (Wildman–Crippen LogP) is 0.271. The van der Waals surface area contributed by atoms with Crippen LogP contribution in [0.5, 0.6) is 17.4 Å². The minimum atomic E-state index is -4.61. The molecule has 0 radical (unpaired) electrons. The number of aromatic nitrogens is 1. The van der Waals surface area contributed by atoms with Crippen molar-refractivity contribution in [3.8, 4) is 17.4 Å². The van der Waals surface area contributed by atoms with Gasteiger partial charge in [0.25, 0.3) is 10.1 Å². The normalized spacial score (nSPS) is 13.5. The van der Waals surface area contributed by atoms with E-state index in [-0.39, 0.29) is 47.6 Å². The molecule has 0 aliphatic carbocycles. The number of aliphatic hydroxyl groups is 1. The van der Waals surface area contributed by atoms with Gasteiger partial charge in [-0.1, -0.05) is 23.2 Å². The summed E-state index contributed by atoms with van der Waals surface area (Å²) in [5.41, 5.74) is -2.05. The number of halogens is 2. The molecule has 0 fully saturated rings. The Bertz CT molecular complexity index is 825. The molecule has 0 aliphatic rings. The van der Waals surface area contributed by atoms with Gasteiger partial charge < -0.3 is 16.0 Å². The molecule has 0 spiro atoms. The van der Waals surface area contributed by atoms with Gasteiger partial charge in [-0.2, -0.15) is 8.42 Å². The van der Waals surface area contributed by atoms with Crippen molar-refractivity contribution in [3.63, 3.8) is 0 Å². The van der Waals surface area contributed by atoms with E-state index in [4.69, 9.17) is 37.2 Å². The molecule has 1 aromatic carbocycles. The zero-order valence-electron chi connectivity index (χ0n) is 14.3. The van der Waals surface area contributed by atoms with Gasteiger partial charge in [-0.05, 0) is 37.3 Å². The van der Waals surface area contributed by atoms with Crippen LogP contribution in [0.3, 0.4) is 0 Å². The van der Waals surface area contributed by atoms with Gasteiger partial charge in [-0.25, -0.2) is 4.98 Å². The van der Waals surface area contributed by atoms with Crippen molar-refractivity contribution < 1.29 is 58.5 Å². The first-order valence-corrected chi connectivity index (χ1v) is 8.82. The first kappa shape index (κ1) is 22.5. The minimum Gasteiger partial charge on any atom is -1.00 e. The molecular formula is C14H14Cl2NNaO6S. The van der Waals surface area contributed by atoms with E-state index in [1.807, 2.05) is 0 Å². The number of hydrogen-bond acceptors (Lipinski definition) is 6. The van der Waals surface area contributed by atoms with Crippen LogP contribution in [0.15, 0.2) is 36.5 Å². The third-order valence-electron chi connectivity index (χ3n) is 2.84. The Morgan fingerprint density at radius 1 is 1.20 bits per heavy atom. The molecule has 2 aromatic rings. The van der Waals surface area contributed by atoms with Gasteiger partial charge in [0.2, 0.25) is 11.3 Å². The summed E-state index contributed by atoms with van der Waals surface area (Å²) in [6, 6.07) is 7.54. The van der Waals surface area contributed by atoms with Crippen molar-refractivity contribution in [1.29, 1.82) is 0 Å². The zero-order valence-corrected chi connectivity index (χ0v) is 17.6. The molecule has 7 nitrogen and oxygen atoms in total. The SMILES string of the molecule is CC(Oc1ccc(Oc2ncc(Cl)cc2Cl)cc1)C(O)S(=O)(=O)O.[H-].[Na+]. The van der Waals surface area contributed by atoms with Gasteiger partial charge in [-0.3, -0.25) is 4.55 Å². The van der Waals surface area contributed by atoms with Crippen molar-refractivity contribution in [2.24, 2.45) is 0 Å². The average Bonchev–Trinajstić information content (AvgIpc) is 2.50. The number of rotatable bonds is 6. The third-order valence-corrected chi connectivity index (χ3v) is 4.31. The number of nitrogens with zero attached hydrogens (tertiary/aromatic N) is 1. The maximum absolute atomic E-state index is 10.9. The number of aliphatic hydroxyl groups excluding tert-OH is 1. The molecule has 0 aliphatic heterocycles. The van der Waals surface area contributed by atoms with Gasteiger partial charge in [0, 0.05) is 6.20 Å². The number of benzene rings is 1.